The molecule has 8 heteroatoms. The number of carbonyl (C=O) groups is 2. The average Bonchev–Trinajstić information content (AvgIpc) is 2.47. The highest BCUT2D eigenvalue weighted by Crippen LogP contribution is 2.18. The Hall–Kier alpha value is -2.19. The molecule has 0 fully saturated rings. The van der Waals surface area contributed by atoms with Crippen molar-refractivity contribution in [1.82, 2.24) is 4.31 Å². The third-order valence-electron chi connectivity index (χ3n) is 2.85. The van der Waals surface area contributed by atoms with Crippen molar-refractivity contribution in [1.29, 1.82) is 0 Å². The molecule has 0 aromatic heterocycles. The Morgan fingerprint density at radius 2 is 1.96 bits per heavy atom. The van der Waals surface area contributed by atoms with E-state index >= 15 is 0 Å². The first-order chi connectivity index (χ1) is 10.7. The minimum Gasteiger partial charge on any atom is -0.449 e. The van der Waals surface area contributed by atoms with Crippen LogP contribution >= 0.6 is 0 Å². The van der Waals surface area contributed by atoms with Crippen molar-refractivity contribution in [3.63, 3.8) is 0 Å². The minimum absolute atomic E-state index is 0.0545. The van der Waals surface area contributed by atoms with Crippen LogP contribution in [-0.2, 0) is 24.3 Å². The van der Waals surface area contributed by atoms with Gasteiger partial charge in [-0.3, -0.25) is 4.79 Å². The highest BCUT2D eigenvalue weighted by atomic mass is 32.2. The fraction of sp³-hybridized carbons (Fsp3) is 0.333. The molecule has 1 aromatic rings. The number of hydrogen-bond donors (Lipinski definition) is 1. The minimum atomic E-state index is -3.59. The number of sulfonamides is 1. The van der Waals surface area contributed by atoms with Crippen molar-refractivity contribution < 1.29 is 22.7 Å². The lowest BCUT2D eigenvalue weighted by atomic mass is 10.3. The van der Waals surface area contributed by atoms with E-state index in [9.17, 15) is 18.0 Å². The smallest absolute Gasteiger partial charge is 0.331 e. The molecule has 1 rings (SSSR count). The zero-order chi connectivity index (χ0) is 17.6. The molecule has 0 saturated carbocycles. The first kappa shape index (κ1) is 18.9. The topological polar surface area (TPSA) is 92.8 Å². The summed E-state index contributed by atoms with van der Waals surface area (Å²) < 4.78 is 30.1. The van der Waals surface area contributed by atoms with Crippen molar-refractivity contribution in [2.75, 3.05) is 19.4 Å². The molecule has 126 valence electrons. The number of amides is 1. The Labute approximate surface area is 136 Å². The van der Waals surface area contributed by atoms with Gasteiger partial charge in [-0.25, -0.2) is 17.5 Å². The van der Waals surface area contributed by atoms with E-state index in [0.29, 0.717) is 5.69 Å². The SMILES string of the molecule is CC=CC(=O)OC(C)C(=O)Nc1cccc(S(=O)(=O)N(C)C)c1. The lowest BCUT2D eigenvalue weighted by Gasteiger charge is -2.14. The van der Waals surface area contributed by atoms with Crippen LogP contribution in [0.2, 0.25) is 0 Å². The number of anilines is 1. The average molecular weight is 340 g/mol. The monoisotopic (exact) mass is 340 g/mol. The predicted molar refractivity (Wildman–Crippen MR) is 86.3 cm³/mol. The maximum Gasteiger partial charge on any atom is 0.331 e. The van der Waals surface area contributed by atoms with Crippen LogP contribution in [0.15, 0.2) is 41.3 Å². The maximum atomic E-state index is 12.1. The number of hydrogen-bond acceptors (Lipinski definition) is 5. The van der Waals surface area contributed by atoms with Gasteiger partial charge in [-0.1, -0.05) is 12.1 Å². The van der Waals surface area contributed by atoms with E-state index < -0.39 is 28.0 Å². The number of rotatable bonds is 6. The fourth-order valence-electron chi connectivity index (χ4n) is 1.59. The van der Waals surface area contributed by atoms with Gasteiger partial charge in [0.1, 0.15) is 0 Å². The van der Waals surface area contributed by atoms with Gasteiger partial charge in [-0.2, -0.15) is 0 Å². The van der Waals surface area contributed by atoms with E-state index in [0.717, 1.165) is 4.31 Å². The van der Waals surface area contributed by atoms with E-state index in [1.807, 2.05) is 0 Å². The predicted octanol–water partition coefficient (Wildman–Crippen LogP) is 1.38. The molecular weight excluding hydrogens is 320 g/mol. The van der Waals surface area contributed by atoms with Crippen LogP contribution in [0.25, 0.3) is 0 Å². The Morgan fingerprint density at radius 3 is 2.52 bits per heavy atom. The van der Waals surface area contributed by atoms with Gasteiger partial charge < -0.3 is 10.1 Å². The molecule has 0 aliphatic carbocycles. The summed E-state index contributed by atoms with van der Waals surface area (Å²) in [5.74, 6) is -1.18. The third kappa shape index (κ3) is 5.19. The van der Waals surface area contributed by atoms with E-state index in [1.165, 1.54) is 51.4 Å². The van der Waals surface area contributed by atoms with Crippen molar-refractivity contribution >= 4 is 27.6 Å². The van der Waals surface area contributed by atoms with Crippen LogP contribution in [-0.4, -0.2) is 44.8 Å². The van der Waals surface area contributed by atoms with Crippen molar-refractivity contribution in [2.24, 2.45) is 0 Å². The molecule has 23 heavy (non-hydrogen) atoms. The van der Waals surface area contributed by atoms with Gasteiger partial charge in [0, 0.05) is 25.9 Å². The van der Waals surface area contributed by atoms with Crippen LogP contribution in [0.4, 0.5) is 5.69 Å². The second-order valence-corrected chi connectivity index (χ2v) is 7.04. The van der Waals surface area contributed by atoms with Gasteiger partial charge in [0.15, 0.2) is 6.10 Å². The lowest BCUT2D eigenvalue weighted by Crippen LogP contribution is -2.29. The molecule has 0 bridgehead atoms. The van der Waals surface area contributed by atoms with Crippen LogP contribution in [0.1, 0.15) is 13.8 Å². The zero-order valence-corrected chi connectivity index (χ0v) is 14.3. The zero-order valence-electron chi connectivity index (χ0n) is 13.4. The summed E-state index contributed by atoms with van der Waals surface area (Å²) in [7, 11) is -0.754. The normalized spacial score (nSPS) is 13.1. The number of benzene rings is 1. The summed E-state index contributed by atoms with van der Waals surface area (Å²) in [6, 6.07) is 5.84. The number of nitrogens with one attached hydrogen (secondary N) is 1. The van der Waals surface area contributed by atoms with Gasteiger partial charge in [-0.15, -0.1) is 0 Å². The summed E-state index contributed by atoms with van der Waals surface area (Å²) in [4.78, 5) is 23.3. The Morgan fingerprint density at radius 1 is 1.30 bits per heavy atom. The summed E-state index contributed by atoms with van der Waals surface area (Å²) in [6.45, 7) is 3.08. The second kappa shape index (κ2) is 7.89. The standard InChI is InChI=1S/C15H20N2O5S/c1-5-7-14(18)22-11(2)15(19)16-12-8-6-9-13(10-12)23(20,21)17(3)4/h5-11H,1-4H3,(H,16,19). The highest BCUT2D eigenvalue weighted by molar-refractivity contribution is 7.89. The molecule has 0 saturated heterocycles. The Balaban J connectivity index is 2.86. The summed E-state index contributed by atoms with van der Waals surface area (Å²) >= 11 is 0. The van der Waals surface area contributed by atoms with Gasteiger partial charge in [0.2, 0.25) is 10.0 Å². The molecule has 7 nitrogen and oxygen atoms in total. The second-order valence-electron chi connectivity index (χ2n) is 4.88. The molecule has 1 amide bonds. The maximum absolute atomic E-state index is 12.1. The van der Waals surface area contributed by atoms with Gasteiger partial charge >= 0.3 is 5.97 Å². The number of ether oxygens (including phenoxy) is 1. The molecular formula is C15H20N2O5S. The van der Waals surface area contributed by atoms with Crippen molar-refractivity contribution in [3.8, 4) is 0 Å². The highest BCUT2D eigenvalue weighted by Gasteiger charge is 2.20. The number of nitrogens with zero attached hydrogens (tertiary/aromatic N) is 1. The Kier molecular flexibility index (Phi) is 6.47. The van der Waals surface area contributed by atoms with Crippen LogP contribution < -0.4 is 5.32 Å². The number of esters is 1. The first-order valence-corrected chi connectivity index (χ1v) is 8.29. The molecule has 1 atom stereocenters. The van der Waals surface area contributed by atoms with E-state index in [4.69, 9.17) is 4.74 Å². The summed E-state index contributed by atoms with van der Waals surface area (Å²) in [5.41, 5.74) is 0.298. The summed E-state index contributed by atoms with van der Waals surface area (Å²) in [6.07, 6.45) is 1.70. The summed E-state index contributed by atoms with van der Waals surface area (Å²) in [5, 5.41) is 2.52. The molecule has 0 spiro atoms. The number of allylic oxidation sites excluding steroid dienone is 1. The molecule has 1 aromatic carbocycles. The van der Waals surface area contributed by atoms with Gasteiger partial charge in [0.05, 0.1) is 4.90 Å². The lowest BCUT2D eigenvalue weighted by molar-refractivity contribution is -0.148. The van der Waals surface area contributed by atoms with E-state index in [1.54, 1.807) is 13.0 Å². The van der Waals surface area contributed by atoms with Crippen LogP contribution in [0, 0.1) is 0 Å². The molecule has 0 heterocycles. The van der Waals surface area contributed by atoms with Gasteiger partial charge in [0.25, 0.3) is 5.91 Å². The Bertz CT molecular complexity index is 710. The van der Waals surface area contributed by atoms with Crippen LogP contribution in [0.5, 0.6) is 0 Å². The van der Waals surface area contributed by atoms with E-state index in [2.05, 4.69) is 5.32 Å². The molecule has 1 unspecified atom stereocenters. The van der Waals surface area contributed by atoms with Crippen molar-refractivity contribution in [3.05, 3.63) is 36.4 Å². The fourth-order valence-corrected chi connectivity index (χ4v) is 2.54. The quantitative estimate of drug-likeness (QED) is 0.624. The van der Waals surface area contributed by atoms with Gasteiger partial charge in [-0.05, 0) is 32.0 Å². The molecule has 0 aliphatic heterocycles. The first-order valence-electron chi connectivity index (χ1n) is 6.85. The van der Waals surface area contributed by atoms with Crippen LogP contribution in [0.3, 0.4) is 0 Å². The van der Waals surface area contributed by atoms with E-state index in [-0.39, 0.29) is 4.90 Å². The third-order valence-corrected chi connectivity index (χ3v) is 4.66. The molecule has 0 radical (unpaired) electrons. The van der Waals surface area contributed by atoms with Crippen molar-refractivity contribution in [2.45, 2.75) is 24.8 Å². The molecule has 1 N–H and O–H groups in total. The molecule has 0 aliphatic rings. The largest absolute Gasteiger partial charge is 0.449 e. The number of carbonyl (C=O) groups excluding carboxylic acids is 2.